The summed E-state index contributed by atoms with van der Waals surface area (Å²) in [5.41, 5.74) is 1.92. The van der Waals surface area contributed by atoms with Crippen LogP contribution >= 0.6 is 0 Å². The summed E-state index contributed by atoms with van der Waals surface area (Å²) in [6.07, 6.45) is 3.02. The predicted octanol–water partition coefficient (Wildman–Crippen LogP) is 4.81. The lowest BCUT2D eigenvalue weighted by atomic mass is 9.76. The Hall–Kier alpha value is -3.22. The Morgan fingerprint density at radius 1 is 1.16 bits per heavy atom. The first kappa shape index (κ1) is 21.0. The number of aliphatic imine (C=N–C) groups is 1. The maximum atomic E-state index is 12.6. The predicted molar refractivity (Wildman–Crippen MR) is 115 cm³/mol. The number of carbonyl (C=O) groups excluding carboxylic acids is 2. The Kier molecular flexibility index (Phi) is 5.52. The third kappa shape index (κ3) is 4.31. The number of aromatic nitrogens is 1. The van der Waals surface area contributed by atoms with Crippen molar-refractivity contribution in [3.63, 3.8) is 0 Å². The first-order chi connectivity index (χ1) is 14.7. The van der Waals surface area contributed by atoms with Gasteiger partial charge in [-0.05, 0) is 30.4 Å². The number of aryl methyl sites for hydroxylation is 1. The van der Waals surface area contributed by atoms with Gasteiger partial charge in [-0.15, -0.1) is 0 Å². The van der Waals surface area contributed by atoms with E-state index in [4.69, 9.17) is 4.52 Å². The number of carbonyl (C=O) groups is 2. The molecule has 0 bridgehead atoms. The van der Waals surface area contributed by atoms with Gasteiger partial charge < -0.3 is 14.7 Å². The van der Waals surface area contributed by atoms with Gasteiger partial charge in [-0.25, -0.2) is 4.99 Å². The van der Waals surface area contributed by atoms with E-state index in [0.717, 1.165) is 0 Å². The van der Waals surface area contributed by atoms with E-state index >= 15 is 0 Å². The molecule has 2 aliphatic carbocycles. The van der Waals surface area contributed by atoms with E-state index in [9.17, 15) is 19.8 Å². The molecule has 0 unspecified atom stereocenters. The minimum atomic E-state index is -0.169. The number of ketones is 2. The number of phenols is 1. The van der Waals surface area contributed by atoms with Gasteiger partial charge in [-0.3, -0.25) is 9.59 Å². The summed E-state index contributed by atoms with van der Waals surface area (Å²) in [6, 6.07) is 6.63. The zero-order valence-electron chi connectivity index (χ0n) is 17.8. The Bertz CT molecular complexity index is 1110. The number of hydrogen-bond acceptors (Lipinski definition) is 7. The van der Waals surface area contributed by atoms with E-state index in [1.165, 1.54) is 6.07 Å². The fourth-order valence-electron chi connectivity index (χ4n) is 4.32. The highest BCUT2D eigenvalue weighted by atomic mass is 16.5. The Balaban J connectivity index is 1.60. The van der Waals surface area contributed by atoms with E-state index < -0.39 is 0 Å². The number of aliphatic hydroxyl groups is 1. The van der Waals surface area contributed by atoms with Gasteiger partial charge >= 0.3 is 0 Å². The average Bonchev–Trinajstić information content (AvgIpc) is 3.10. The summed E-state index contributed by atoms with van der Waals surface area (Å²) in [5.74, 6) is 0.379. The standard InChI is InChI=1S/C24H26N2O5/c1-24(2)12-20(30)23-16(26-31-21(23)13-24)10-11-19(29)22-15(7-5-9-18(22)28)25-14-6-3-4-8-17(14)27/h3-4,6,8,27,29H,5,7,9-13H2,1-2H3. The van der Waals surface area contributed by atoms with Crippen molar-refractivity contribution < 1.29 is 24.3 Å². The molecule has 2 aliphatic rings. The Morgan fingerprint density at radius 3 is 2.71 bits per heavy atom. The number of aromatic hydroxyl groups is 1. The number of hydrogen-bond donors (Lipinski definition) is 2. The van der Waals surface area contributed by atoms with Gasteiger partial charge in [-0.1, -0.05) is 31.1 Å². The lowest BCUT2D eigenvalue weighted by Crippen LogP contribution is -2.26. The normalized spacial score (nSPS) is 21.3. The van der Waals surface area contributed by atoms with Crippen molar-refractivity contribution in [2.24, 2.45) is 10.4 Å². The van der Waals surface area contributed by atoms with E-state index in [2.05, 4.69) is 10.1 Å². The quantitative estimate of drug-likeness (QED) is 0.540. The van der Waals surface area contributed by atoms with E-state index in [1.807, 2.05) is 13.8 Å². The molecule has 1 aromatic heterocycles. The molecule has 1 aromatic carbocycles. The summed E-state index contributed by atoms with van der Waals surface area (Å²) in [4.78, 5) is 29.6. The second kappa shape index (κ2) is 8.13. The van der Waals surface area contributed by atoms with Crippen LogP contribution in [0, 0.1) is 5.41 Å². The maximum Gasteiger partial charge on any atom is 0.168 e. The van der Waals surface area contributed by atoms with Crippen LogP contribution in [0.4, 0.5) is 5.69 Å². The molecule has 1 fully saturated rings. The molecule has 0 aliphatic heterocycles. The molecular weight excluding hydrogens is 396 g/mol. The van der Waals surface area contributed by atoms with E-state index in [1.54, 1.807) is 18.2 Å². The Labute approximate surface area is 180 Å². The summed E-state index contributed by atoms with van der Waals surface area (Å²) >= 11 is 0. The van der Waals surface area contributed by atoms with E-state index in [0.29, 0.717) is 60.5 Å². The molecule has 4 rings (SSSR count). The lowest BCUT2D eigenvalue weighted by Gasteiger charge is -2.26. The molecule has 0 amide bonds. The molecule has 162 valence electrons. The SMILES string of the molecule is CC1(C)CC(=O)c2c(CCC(O)=C3C(=O)CCCC3=Nc3ccccc3O)noc2C1. The smallest absolute Gasteiger partial charge is 0.168 e. The van der Waals surface area contributed by atoms with Crippen LogP contribution in [0.3, 0.4) is 0 Å². The number of rotatable bonds is 4. The van der Waals surface area contributed by atoms with Crippen molar-refractivity contribution in [2.75, 3.05) is 0 Å². The second-order valence-electron chi connectivity index (χ2n) is 9.01. The highest BCUT2D eigenvalue weighted by molar-refractivity contribution is 6.24. The summed E-state index contributed by atoms with van der Waals surface area (Å²) in [5, 5.41) is 24.9. The van der Waals surface area contributed by atoms with Gasteiger partial charge in [0.25, 0.3) is 0 Å². The molecule has 7 nitrogen and oxygen atoms in total. The molecule has 0 atom stereocenters. The van der Waals surface area contributed by atoms with Crippen LogP contribution in [0.2, 0.25) is 0 Å². The van der Waals surface area contributed by atoms with Gasteiger partial charge in [0.05, 0.1) is 22.5 Å². The van der Waals surface area contributed by atoms with Crippen LogP contribution in [0.25, 0.3) is 0 Å². The lowest BCUT2D eigenvalue weighted by molar-refractivity contribution is -0.115. The number of nitrogens with zero attached hydrogens (tertiary/aromatic N) is 2. The number of benzene rings is 1. The molecule has 1 saturated carbocycles. The van der Waals surface area contributed by atoms with Gasteiger partial charge in [-0.2, -0.15) is 0 Å². The number of allylic oxidation sites excluding steroid dienone is 2. The van der Waals surface area contributed by atoms with Gasteiger partial charge in [0.2, 0.25) is 0 Å². The first-order valence-corrected chi connectivity index (χ1v) is 10.6. The summed E-state index contributed by atoms with van der Waals surface area (Å²) < 4.78 is 5.42. The zero-order valence-corrected chi connectivity index (χ0v) is 17.8. The molecule has 31 heavy (non-hydrogen) atoms. The molecular formula is C24H26N2O5. The van der Waals surface area contributed by atoms with Crippen LogP contribution in [-0.2, 0) is 17.6 Å². The highest BCUT2D eigenvalue weighted by Crippen LogP contribution is 2.37. The minimum absolute atomic E-state index is 0.00481. The van der Waals surface area contributed by atoms with Crippen molar-refractivity contribution in [3.8, 4) is 5.75 Å². The van der Waals surface area contributed by atoms with Crippen molar-refractivity contribution in [1.29, 1.82) is 0 Å². The minimum Gasteiger partial charge on any atom is -0.511 e. The Morgan fingerprint density at radius 2 is 1.94 bits per heavy atom. The van der Waals surface area contributed by atoms with Gasteiger partial charge in [0.1, 0.15) is 23.0 Å². The fourth-order valence-corrected chi connectivity index (χ4v) is 4.32. The molecule has 0 saturated heterocycles. The molecule has 2 aromatic rings. The van der Waals surface area contributed by atoms with Crippen molar-refractivity contribution >= 4 is 23.0 Å². The van der Waals surface area contributed by atoms with Gasteiger partial charge in [0, 0.05) is 32.1 Å². The van der Waals surface area contributed by atoms with E-state index in [-0.39, 0.29) is 46.9 Å². The number of Topliss-reactive ketones (excluding diaryl/α,β-unsaturated/α-hetero) is 2. The molecule has 2 N–H and O–H groups in total. The molecule has 0 spiro atoms. The second-order valence-corrected chi connectivity index (χ2v) is 9.01. The number of phenolic OH excluding ortho intramolecular Hbond substituents is 1. The third-order valence-corrected chi connectivity index (χ3v) is 5.80. The fraction of sp³-hybridized carbons (Fsp3) is 0.417. The van der Waals surface area contributed by atoms with Crippen LogP contribution in [0.1, 0.15) is 67.8 Å². The molecule has 7 heteroatoms. The van der Waals surface area contributed by atoms with Gasteiger partial charge in [0.15, 0.2) is 11.6 Å². The van der Waals surface area contributed by atoms with Crippen molar-refractivity contribution in [3.05, 3.63) is 52.6 Å². The molecule has 0 radical (unpaired) electrons. The number of fused-ring (bicyclic) bond motifs is 1. The van der Waals surface area contributed by atoms with Crippen molar-refractivity contribution in [2.45, 2.75) is 58.8 Å². The van der Waals surface area contributed by atoms with Crippen LogP contribution in [-0.4, -0.2) is 32.6 Å². The zero-order chi connectivity index (χ0) is 22.2. The first-order valence-electron chi connectivity index (χ1n) is 10.6. The van der Waals surface area contributed by atoms with Crippen LogP contribution < -0.4 is 0 Å². The third-order valence-electron chi connectivity index (χ3n) is 5.80. The van der Waals surface area contributed by atoms with Crippen LogP contribution in [0.15, 0.2) is 45.1 Å². The average molecular weight is 422 g/mol. The number of para-hydroxylation sites is 2. The summed E-state index contributed by atoms with van der Waals surface area (Å²) in [6.45, 7) is 4.04. The summed E-state index contributed by atoms with van der Waals surface area (Å²) in [7, 11) is 0. The number of aliphatic hydroxyl groups excluding tert-OH is 1. The largest absolute Gasteiger partial charge is 0.511 e. The monoisotopic (exact) mass is 422 g/mol. The highest BCUT2D eigenvalue weighted by Gasteiger charge is 2.36. The molecule has 1 heterocycles. The maximum absolute atomic E-state index is 12.6. The topological polar surface area (TPSA) is 113 Å². The van der Waals surface area contributed by atoms with Crippen molar-refractivity contribution in [1.82, 2.24) is 5.16 Å². The van der Waals surface area contributed by atoms with Crippen LogP contribution in [0.5, 0.6) is 5.75 Å².